The summed E-state index contributed by atoms with van der Waals surface area (Å²) < 4.78 is 28.3. The first-order valence-corrected chi connectivity index (χ1v) is 16.8. The van der Waals surface area contributed by atoms with Crippen molar-refractivity contribution in [2.75, 3.05) is 53.2 Å². The second-order valence-electron chi connectivity index (χ2n) is 13.4. The van der Waals surface area contributed by atoms with E-state index in [1.807, 2.05) is 32.0 Å². The van der Waals surface area contributed by atoms with Gasteiger partial charge in [-0.05, 0) is 68.6 Å². The van der Waals surface area contributed by atoms with Crippen molar-refractivity contribution >= 4 is 29.5 Å². The number of nitrogens with one attached hydrogen (secondary N) is 1. The van der Waals surface area contributed by atoms with Crippen LogP contribution >= 0.6 is 11.6 Å². The summed E-state index contributed by atoms with van der Waals surface area (Å²) in [6, 6.07) is 5.65. The third-order valence-electron chi connectivity index (χ3n) is 8.76. The number of carbonyl (C=O) groups excluding carboxylic acids is 3. The summed E-state index contributed by atoms with van der Waals surface area (Å²) in [5, 5.41) is 2.92. The van der Waals surface area contributed by atoms with Crippen LogP contribution in [0.5, 0.6) is 11.5 Å². The Bertz CT molecular complexity index is 1120. The quantitative estimate of drug-likeness (QED) is 0.146. The van der Waals surface area contributed by atoms with Gasteiger partial charge in [0.15, 0.2) is 11.5 Å². The molecule has 4 unspecified atom stereocenters. The lowest BCUT2D eigenvalue weighted by Gasteiger charge is -2.33. The molecule has 1 aromatic carbocycles. The molecule has 262 valence electrons. The van der Waals surface area contributed by atoms with Crippen molar-refractivity contribution in [3.63, 3.8) is 0 Å². The van der Waals surface area contributed by atoms with Crippen LogP contribution in [0, 0.1) is 29.1 Å². The Morgan fingerprint density at radius 3 is 2.37 bits per heavy atom. The summed E-state index contributed by atoms with van der Waals surface area (Å²) in [6.07, 6.45) is 1.64. The van der Waals surface area contributed by atoms with Crippen LogP contribution in [0.4, 0.5) is 4.79 Å². The third kappa shape index (κ3) is 11.8. The Hall–Kier alpha value is -2.76. The second kappa shape index (κ2) is 19.2. The molecule has 0 radical (unpaired) electrons. The molecule has 0 aliphatic carbocycles. The van der Waals surface area contributed by atoms with Crippen LogP contribution in [0.25, 0.3) is 0 Å². The predicted molar refractivity (Wildman–Crippen MR) is 178 cm³/mol. The van der Waals surface area contributed by atoms with Gasteiger partial charge in [-0.1, -0.05) is 33.8 Å². The fourth-order valence-electron chi connectivity index (χ4n) is 5.49. The average molecular weight is 670 g/mol. The third-order valence-corrected chi connectivity index (χ3v) is 8.91. The molecular weight excluding hydrogens is 614 g/mol. The molecule has 11 nitrogen and oxygen atoms in total. The van der Waals surface area contributed by atoms with Gasteiger partial charge in [-0.15, -0.1) is 11.6 Å². The van der Waals surface area contributed by atoms with Crippen molar-refractivity contribution in [1.82, 2.24) is 10.2 Å². The van der Waals surface area contributed by atoms with Gasteiger partial charge >= 0.3 is 6.09 Å². The molecule has 1 fully saturated rings. The Balaban J connectivity index is 2.31. The van der Waals surface area contributed by atoms with Crippen molar-refractivity contribution in [2.24, 2.45) is 34.8 Å². The number of methoxy groups -OCH3 is 2. The smallest absolute Gasteiger partial charge is 0.411 e. The lowest BCUT2D eigenvalue weighted by molar-refractivity contribution is -0.130. The number of carbonyl (C=O) groups is 3. The molecule has 12 heteroatoms. The maximum absolute atomic E-state index is 13.4. The van der Waals surface area contributed by atoms with Crippen LogP contribution in [0.15, 0.2) is 18.2 Å². The lowest BCUT2D eigenvalue weighted by Crippen LogP contribution is -2.46. The van der Waals surface area contributed by atoms with Crippen LogP contribution < -0.4 is 20.5 Å². The van der Waals surface area contributed by atoms with E-state index in [0.717, 1.165) is 18.4 Å². The van der Waals surface area contributed by atoms with Crippen LogP contribution in [0.1, 0.15) is 66.4 Å². The molecule has 0 aromatic heterocycles. The van der Waals surface area contributed by atoms with E-state index in [2.05, 4.69) is 19.2 Å². The molecule has 3 N–H and O–H groups in total. The van der Waals surface area contributed by atoms with Gasteiger partial charge < -0.3 is 34.7 Å². The van der Waals surface area contributed by atoms with Crippen LogP contribution in [-0.4, -0.2) is 88.1 Å². The highest BCUT2D eigenvalue weighted by Gasteiger charge is 2.43. The van der Waals surface area contributed by atoms with E-state index in [4.69, 9.17) is 41.0 Å². The Kier molecular flexibility index (Phi) is 16.4. The van der Waals surface area contributed by atoms with Crippen LogP contribution in [0.2, 0.25) is 0 Å². The highest BCUT2D eigenvalue weighted by atomic mass is 35.5. The van der Waals surface area contributed by atoms with E-state index >= 15 is 0 Å². The molecule has 2 rings (SSSR count). The molecule has 1 heterocycles. The number of nitrogens with zero attached hydrogens (tertiary/aromatic N) is 1. The number of nitrogens with two attached hydrogens (primary N) is 1. The highest BCUT2D eigenvalue weighted by molar-refractivity contribution is 6.18. The molecule has 0 saturated carbocycles. The van der Waals surface area contributed by atoms with Crippen LogP contribution in [-0.2, 0) is 30.2 Å². The van der Waals surface area contributed by atoms with Crippen molar-refractivity contribution in [3.05, 3.63) is 23.8 Å². The molecule has 0 bridgehead atoms. The second-order valence-corrected chi connectivity index (χ2v) is 13.7. The normalized spacial score (nSPS) is 18.0. The maximum atomic E-state index is 13.4. The molecule has 0 spiro atoms. The Labute approximate surface area is 280 Å². The van der Waals surface area contributed by atoms with Crippen LogP contribution in [0.3, 0.4) is 0 Å². The summed E-state index contributed by atoms with van der Waals surface area (Å²) in [4.78, 5) is 40.0. The van der Waals surface area contributed by atoms with Crippen molar-refractivity contribution in [3.8, 4) is 11.5 Å². The number of rotatable bonds is 20. The standard InChI is InChI=1S/C34H56ClN3O8/c1-22(2)25(16-24-10-11-28(43-8)30(17-24)44-14-9-13-42-7)18-27-29(46-21-38(27)33(41)45-15-12-35)19-26(23(3)4)31(39)37-20-34(5,6)32(36)40/h10-11,17,22-23,25-27,29H,9,12-16,18-21H2,1-8H3,(H2,36,40)(H,37,39). The molecule has 1 saturated heterocycles. The van der Waals surface area contributed by atoms with Gasteiger partial charge in [-0.2, -0.15) is 0 Å². The van der Waals surface area contributed by atoms with E-state index < -0.39 is 29.4 Å². The number of primary amides is 1. The minimum absolute atomic E-state index is 0.0132. The molecule has 1 aliphatic rings. The molecule has 46 heavy (non-hydrogen) atoms. The topological polar surface area (TPSA) is 139 Å². The zero-order chi connectivity index (χ0) is 34.4. The minimum Gasteiger partial charge on any atom is -0.493 e. The van der Waals surface area contributed by atoms with E-state index in [1.54, 1.807) is 33.0 Å². The van der Waals surface area contributed by atoms with E-state index in [9.17, 15) is 14.4 Å². The largest absolute Gasteiger partial charge is 0.493 e. The van der Waals surface area contributed by atoms with E-state index in [-0.39, 0.29) is 55.5 Å². The van der Waals surface area contributed by atoms with Gasteiger partial charge in [0.2, 0.25) is 11.8 Å². The number of amides is 3. The molecular formula is C34H56ClN3O8. The number of alkyl halides is 1. The van der Waals surface area contributed by atoms with E-state index in [1.165, 1.54) is 0 Å². The SMILES string of the molecule is COCCCOc1cc(CC(CC2C(CC(C(=O)NCC(C)(C)C(N)=O)C(C)C)OCN2C(=O)OCCCl)C(C)C)ccc1OC. The Morgan fingerprint density at radius 2 is 1.78 bits per heavy atom. The predicted octanol–water partition coefficient (Wildman–Crippen LogP) is 5.01. The first-order chi connectivity index (χ1) is 21.7. The summed E-state index contributed by atoms with van der Waals surface area (Å²) in [7, 11) is 3.28. The summed E-state index contributed by atoms with van der Waals surface area (Å²) in [5.74, 6) is 0.882. The molecule has 1 aliphatic heterocycles. The fraction of sp³-hybridized carbons (Fsp3) is 0.735. The Morgan fingerprint density at radius 1 is 1.07 bits per heavy atom. The first-order valence-electron chi connectivity index (χ1n) is 16.2. The average Bonchev–Trinajstić information content (AvgIpc) is 3.41. The monoisotopic (exact) mass is 669 g/mol. The van der Waals surface area contributed by atoms with Gasteiger partial charge in [0.05, 0.1) is 37.2 Å². The zero-order valence-electron chi connectivity index (χ0n) is 28.9. The van der Waals surface area contributed by atoms with Gasteiger partial charge in [-0.3, -0.25) is 14.5 Å². The maximum Gasteiger partial charge on any atom is 0.411 e. The van der Waals surface area contributed by atoms with Crippen molar-refractivity contribution < 1.29 is 38.1 Å². The lowest BCUT2D eigenvalue weighted by atomic mass is 9.80. The highest BCUT2D eigenvalue weighted by Crippen LogP contribution is 2.36. The van der Waals surface area contributed by atoms with Gasteiger partial charge in [-0.25, -0.2) is 4.79 Å². The van der Waals surface area contributed by atoms with Gasteiger partial charge in [0.25, 0.3) is 0 Å². The zero-order valence-corrected chi connectivity index (χ0v) is 29.7. The number of ether oxygens (including phenoxy) is 5. The number of hydrogen-bond donors (Lipinski definition) is 2. The summed E-state index contributed by atoms with van der Waals surface area (Å²) >= 11 is 5.81. The number of hydrogen-bond acceptors (Lipinski definition) is 8. The summed E-state index contributed by atoms with van der Waals surface area (Å²) in [5.41, 5.74) is 5.72. The molecule has 4 atom stereocenters. The minimum atomic E-state index is -0.882. The van der Waals surface area contributed by atoms with Crippen molar-refractivity contribution in [2.45, 2.75) is 79.4 Å². The number of benzene rings is 1. The molecule has 1 aromatic rings. The fourth-order valence-corrected chi connectivity index (χ4v) is 5.57. The number of halogens is 1. The van der Waals surface area contributed by atoms with E-state index in [0.29, 0.717) is 37.6 Å². The van der Waals surface area contributed by atoms with Gasteiger partial charge in [0.1, 0.15) is 13.3 Å². The first kappa shape index (κ1) is 39.4. The molecule has 3 amide bonds. The summed E-state index contributed by atoms with van der Waals surface area (Å²) in [6.45, 7) is 13.1. The van der Waals surface area contributed by atoms with Crippen molar-refractivity contribution in [1.29, 1.82) is 0 Å². The van der Waals surface area contributed by atoms with Gasteiger partial charge in [0, 0.05) is 32.6 Å².